The smallest absolute Gasteiger partial charge is 0.475 e. The van der Waals surface area contributed by atoms with Crippen LogP contribution >= 0.6 is 0 Å². The Hall–Kier alpha value is -1.48. The fourth-order valence-electron chi connectivity index (χ4n) is 0. The normalized spacial score (nSPS) is 11.3. The van der Waals surface area contributed by atoms with Crippen LogP contribution in [0.3, 0.4) is 0 Å². The van der Waals surface area contributed by atoms with Crippen molar-refractivity contribution in [1.82, 2.24) is 0 Å². The number of halogens is 6. The van der Waals surface area contributed by atoms with E-state index in [0.29, 0.717) is 0 Å². The van der Waals surface area contributed by atoms with Gasteiger partial charge in [0.15, 0.2) is 0 Å². The van der Waals surface area contributed by atoms with Crippen molar-refractivity contribution in [2.75, 3.05) is 0 Å². The first-order valence-electron chi connectivity index (χ1n) is 2.49. The molecule has 2 N–H and O–H groups in total. The van der Waals surface area contributed by atoms with E-state index in [2.05, 4.69) is 0 Å². The summed E-state index contributed by atoms with van der Waals surface area (Å²) in [5, 5.41) is 14.2. The highest BCUT2D eigenvalue weighted by Gasteiger charge is 2.38. The van der Waals surface area contributed by atoms with Gasteiger partial charge in [-0.15, -0.1) is 0 Å². The highest BCUT2D eigenvalue weighted by molar-refractivity contribution is 5.73. The lowest BCUT2D eigenvalue weighted by molar-refractivity contribution is -0.193. The third-order valence-corrected chi connectivity index (χ3v) is 0.485. The van der Waals surface area contributed by atoms with Crippen molar-refractivity contribution in [3.63, 3.8) is 0 Å². The Morgan fingerprint density at radius 2 is 0.857 bits per heavy atom. The van der Waals surface area contributed by atoms with E-state index < -0.39 is 24.3 Å². The Kier molecular flexibility index (Phi) is 5.01. The van der Waals surface area contributed by atoms with Gasteiger partial charge < -0.3 is 10.2 Å². The number of hydrogen-bond acceptors (Lipinski definition) is 2. The maximum Gasteiger partial charge on any atom is 0.490 e. The second-order valence-electron chi connectivity index (χ2n) is 1.61. The minimum atomic E-state index is -5.08. The van der Waals surface area contributed by atoms with Crippen LogP contribution in [0.5, 0.6) is 0 Å². The van der Waals surface area contributed by atoms with Crippen LogP contribution in [0.2, 0.25) is 0 Å². The molecule has 0 atom stereocenters. The van der Waals surface area contributed by atoms with Crippen molar-refractivity contribution in [1.29, 1.82) is 0 Å². The van der Waals surface area contributed by atoms with Crippen LogP contribution in [0.15, 0.2) is 0 Å². The second kappa shape index (κ2) is 4.67. The average molecular weight is 230 g/mol. The Bertz CT molecular complexity index is 196. The first kappa shape index (κ1) is 15.0. The molecule has 0 saturated heterocycles. The van der Waals surface area contributed by atoms with Gasteiger partial charge in [0.1, 0.15) is 0 Å². The number of hydrogen-bond donors (Lipinski definition) is 2. The Balaban J connectivity index is -0.000000180. The van der Waals surface area contributed by atoms with Gasteiger partial charge >= 0.3 is 24.3 Å². The maximum atomic E-state index is 10.6. The third-order valence-electron chi connectivity index (χ3n) is 0.485. The Morgan fingerprint density at radius 3 is 0.857 bits per heavy atom. The molecule has 0 amide bonds. The first-order valence-corrected chi connectivity index (χ1v) is 2.49. The lowest BCUT2D eigenvalue weighted by Crippen LogP contribution is -2.21. The molecule has 0 aromatic rings. The molecule has 14 heavy (non-hydrogen) atoms. The Morgan fingerprint density at radius 1 is 0.786 bits per heavy atom. The lowest BCUT2D eigenvalue weighted by Gasteiger charge is -1.93. The van der Waals surface area contributed by atoms with Gasteiger partial charge in [0.05, 0.1) is 0 Å². The predicted octanol–water partition coefficient (Wildman–Crippen LogP) is 1.51. The molecule has 86 valence electrons. The SMILES string of the molecule is O=C(O)C(F)(F)F.O=C(O)C(F)(F)F.[HH]. The quantitative estimate of drug-likeness (QED) is 0.618. The van der Waals surface area contributed by atoms with Crippen LogP contribution in [0.25, 0.3) is 0 Å². The van der Waals surface area contributed by atoms with Crippen molar-refractivity contribution in [2.45, 2.75) is 12.4 Å². The average Bonchev–Trinajstić information content (AvgIpc) is 1.83. The fourth-order valence-corrected chi connectivity index (χ4v) is 0. The highest BCUT2D eigenvalue weighted by Crippen LogP contribution is 2.13. The van der Waals surface area contributed by atoms with Gasteiger partial charge in [-0.1, -0.05) is 0 Å². The summed E-state index contributed by atoms with van der Waals surface area (Å²) in [4.78, 5) is 17.8. The summed E-state index contributed by atoms with van der Waals surface area (Å²) in [7, 11) is 0. The van der Waals surface area contributed by atoms with E-state index in [1.807, 2.05) is 0 Å². The van der Waals surface area contributed by atoms with E-state index in [9.17, 15) is 26.3 Å². The van der Waals surface area contributed by atoms with E-state index in [1.54, 1.807) is 0 Å². The van der Waals surface area contributed by atoms with E-state index in [0.717, 1.165) is 0 Å². The molecule has 0 bridgehead atoms. The van der Waals surface area contributed by atoms with Crippen LogP contribution in [-0.2, 0) is 9.59 Å². The van der Waals surface area contributed by atoms with Crippen LogP contribution in [0, 0.1) is 0 Å². The molecule has 0 aliphatic rings. The maximum absolute atomic E-state index is 10.6. The molecule has 0 unspecified atom stereocenters. The molecular formula is C4H4F6O4. The lowest BCUT2D eigenvalue weighted by atomic mass is 10.7. The number of alkyl halides is 6. The van der Waals surface area contributed by atoms with E-state index in [4.69, 9.17) is 19.8 Å². The Labute approximate surface area is 73.2 Å². The summed E-state index contributed by atoms with van der Waals surface area (Å²) in [6, 6.07) is 0. The zero-order valence-electron chi connectivity index (χ0n) is 5.98. The molecule has 0 rings (SSSR count). The van der Waals surface area contributed by atoms with Crippen LogP contribution in [-0.4, -0.2) is 34.5 Å². The molecular weight excluding hydrogens is 226 g/mol. The van der Waals surface area contributed by atoms with Gasteiger partial charge in [0, 0.05) is 1.43 Å². The number of rotatable bonds is 0. The van der Waals surface area contributed by atoms with Crippen molar-refractivity contribution in [3.8, 4) is 0 Å². The fraction of sp³-hybridized carbons (Fsp3) is 0.500. The molecule has 10 heteroatoms. The molecule has 0 radical (unpaired) electrons. The van der Waals surface area contributed by atoms with Crippen molar-refractivity contribution in [3.05, 3.63) is 0 Å². The zero-order valence-corrected chi connectivity index (χ0v) is 5.98. The van der Waals surface area contributed by atoms with E-state index in [-0.39, 0.29) is 1.43 Å². The standard InChI is InChI=1S/2C2HF3O2.H2/c2*3-2(4,5)1(6)7;/h2*(H,6,7);1H. The van der Waals surface area contributed by atoms with Gasteiger partial charge in [-0.05, 0) is 0 Å². The van der Waals surface area contributed by atoms with E-state index >= 15 is 0 Å². The molecule has 0 aromatic heterocycles. The number of aliphatic carboxylic acids is 2. The zero-order chi connectivity index (χ0) is 12.2. The summed E-state index contributed by atoms with van der Waals surface area (Å²) < 4.78 is 63.5. The summed E-state index contributed by atoms with van der Waals surface area (Å²) in [6.45, 7) is 0. The molecule has 0 aliphatic heterocycles. The number of carbonyl (C=O) groups is 2. The molecule has 0 fully saturated rings. The second-order valence-corrected chi connectivity index (χ2v) is 1.61. The van der Waals surface area contributed by atoms with Crippen LogP contribution in [0.1, 0.15) is 1.43 Å². The van der Waals surface area contributed by atoms with Crippen LogP contribution < -0.4 is 0 Å². The molecule has 4 nitrogen and oxygen atoms in total. The van der Waals surface area contributed by atoms with Gasteiger partial charge in [-0.3, -0.25) is 0 Å². The first-order chi connectivity index (χ1) is 5.89. The summed E-state index contributed by atoms with van der Waals surface area (Å²) in [6.07, 6.45) is -10.2. The van der Waals surface area contributed by atoms with E-state index in [1.165, 1.54) is 0 Å². The largest absolute Gasteiger partial charge is 0.490 e. The van der Waals surface area contributed by atoms with Gasteiger partial charge in [0.25, 0.3) is 0 Å². The van der Waals surface area contributed by atoms with Gasteiger partial charge in [0.2, 0.25) is 0 Å². The predicted molar refractivity (Wildman–Crippen MR) is 29.5 cm³/mol. The number of carboxylic acids is 2. The summed E-state index contributed by atoms with van der Waals surface area (Å²) >= 11 is 0. The molecule has 0 spiro atoms. The minimum Gasteiger partial charge on any atom is -0.475 e. The van der Waals surface area contributed by atoms with Crippen molar-refractivity contribution in [2.24, 2.45) is 0 Å². The van der Waals surface area contributed by atoms with Crippen molar-refractivity contribution < 1.29 is 47.6 Å². The molecule has 0 heterocycles. The summed E-state index contributed by atoms with van der Waals surface area (Å²) in [5.74, 6) is -5.51. The topological polar surface area (TPSA) is 74.6 Å². The highest BCUT2D eigenvalue weighted by atomic mass is 19.4. The van der Waals surface area contributed by atoms with Gasteiger partial charge in [-0.2, -0.15) is 26.3 Å². The van der Waals surface area contributed by atoms with Crippen LogP contribution in [0.4, 0.5) is 26.3 Å². The van der Waals surface area contributed by atoms with Crippen molar-refractivity contribution >= 4 is 11.9 Å². The van der Waals surface area contributed by atoms with Gasteiger partial charge in [-0.25, -0.2) is 9.59 Å². The third kappa shape index (κ3) is 8.62. The number of carboxylic acid groups (broad SMARTS) is 2. The monoisotopic (exact) mass is 230 g/mol. The summed E-state index contributed by atoms with van der Waals surface area (Å²) in [5.41, 5.74) is 0. The molecule has 0 saturated carbocycles. The molecule has 0 aliphatic carbocycles. The molecule has 0 aromatic carbocycles. The minimum absolute atomic E-state index is 0.